The summed E-state index contributed by atoms with van der Waals surface area (Å²) in [5, 5.41) is 9.22. The number of ether oxygens (including phenoxy) is 1. The minimum Gasteiger partial charge on any atom is -0.489 e. The van der Waals surface area contributed by atoms with Crippen LogP contribution in [0.1, 0.15) is 21.5 Å². The number of carboxylic acids is 1. The highest BCUT2D eigenvalue weighted by Gasteiger charge is 2.14. The number of benzene rings is 2. The Morgan fingerprint density at radius 2 is 1.95 bits per heavy atom. The third kappa shape index (κ3) is 3.33. The molecule has 0 amide bonds. The molecule has 104 valence electrons. The van der Waals surface area contributed by atoms with Crippen molar-refractivity contribution in [3.63, 3.8) is 0 Å². The van der Waals surface area contributed by atoms with Crippen molar-refractivity contribution in [2.75, 3.05) is 6.26 Å². The highest BCUT2D eigenvalue weighted by Crippen LogP contribution is 2.29. The number of aromatic carboxylic acids is 1. The lowest BCUT2D eigenvalue weighted by molar-refractivity contribution is 0.0692. The molecule has 0 fully saturated rings. The minimum atomic E-state index is -0.901. The topological polar surface area (TPSA) is 46.5 Å². The van der Waals surface area contributed by atoms with Gasteiger partial charge in [0.05, 0.1) is 5.56 Å². The summed E-state index contributed by atoms with van der Waals surface area (Å²) in [6.07, 6.45) is 1.86. The van der Waals surface area contributed by atoms with Crippen molar-refractivity contribution >= 4 is 17.7 Å². The van der Waals surface area contributed by atoms with Crippen molar-refractivity contribution in [2.24, 2.45) is 0 Å². The smallest absolute Gasteiger partial charge is 0.337 e. The summed E-state index contributed by atoms with van der Waals surface area (Å²) >= 11 is 1.41. The zero-order valence-electron chi connectivity index (χ0n) is 11.4. The molecule has 1 N–H and O–H groups in total. The number of carboxylic acid groups (broad SMARTS) is 1. The van der Waals surface area contributed by atoms with Gasteiger partial charge < -0.3 is 9.84 Å². The number of aryl methyl sites for hydroxylation is 1. The van der Waals surface area contributed by atoms with E-state index in [1.54, 1.807) is 19.1 Å². The Kier molecular flexibility index (Phi) is 4.69. The van der Waals surface area contributed by atoms with Crippen LogP contribution in [0.25, 0.3) is 0 Å². The Labute approximate surface area is 122 Å². The molecule has 0 aliphatic heterocycles. The van der Waals surface area contributed by atoms with E-state index in [4.69, 9.17) is 4.74 Å². The lowest BCUT2D eigenvalue weighted by Crippen LogP contribution is -2.03. The Morgan fingerprint density at radius 1 is 1.25 bits per heavy atom. The predicted octanol–water partition coefficient (Wildman–Crippen LogP) is 3.99. The monoisotopic (exact) mass is 288 g/mol. The van der Waals surface area contributed by atoms with Crippen molar-refractivity contribution in [2.45, 2.75) is 18.4 Å². The normalized spacial score (nSPS) is 10.3. The summed E-state index contributed by atoms with van der Waals surface area (Å²) in [6.45, 7) is 2.26. The average molecular weight is 288 g/mol. The Hall–Kier alpha value is -1.94. The van der Waals surface area contributed by atoms with E-state index in [2.05, 4.69) is 0 Å². The van der Waals surface area contributed by atoms with Crippen LogP contribution in [-0.4, -0.2) is 17.3 Å². The molecule has 0 radical (unpaired) electrons. The van der Waals surface area contributed by atoms with Crippen molar-refractivity contribution in [1.29, 1.82) is 0 Å². The zero-order valence-corrected chi connectivity index (χ0v) is 12.2. The van der Waals surface area contributed by atoms with Crippen molar-refractivity contribution in [3.8, 4) is 5.75 Å². The standard InChI is InChI=1S/C16H16O3S/c1-11-8-13(9-14(20-2)15(11)16(17)18)19-10-12-6-4-3-5-7-12/h3-9H,10H2,1-2H3,(H,17,18). The molecule has 4 heteroatoms. The molecule has 0 aliphatic carbocycles. The number of hydrogen-bond donors (Lipinski definition) is 1. The van der Waals surface area contributed by atoms with Crippen LogP contribution in [0.3, 0.4) is 0 Å². The third-order valence-corrected chi connectivity index (χ3v) is 3.72. The molecule has 0 aliphatic rings. The number of rotatable bonds is 5. The fourth-order valence-electron chi connectivity index (χ4n) is 1.98. The SMILES string of the molecule is CSc1cc(OCc2ccccc2)cc(C)c1C(=O)O. The van der Waals surface area contributed by atoms with Crippen LogP contribution in [0.5, 0.6) is 5.75 Å². The lowest BCUT2D eigenvalue weighted by atomic mass is 10.1. The van der Waals surface area contributed by atoms with Gasteiger partial charge in [0, 0.05) is 4.90 Å². The summed E-state index contributed by atoms with van der Waals surface area (Å²) in [6, 6.07) is 13.4. The maximum Gasteiger partial charge on any atom is 0.337 e. The molecule has 0 heterocycles. The van der Waals surface area contributed by atoms with Gasteiger partial charge in [0.1, 0.15) is 12.4 Å². The van der Waals surface area contributed by atoms with Crippen LogP contribution >= 0.6 is 11.8 Å². The number of hydrogen-bond acceptors (Lipinski definition) is 3. The molecule has 2 aromatic rings. The largest absolute Gasteiger partial charge is 0.489 e. The summed E-state index contributed by atoms with van der Waals surface area (Å²) < 4.78 is 5.74. The Bertz CT molecular complexity index is 609. The molecule has 2 aromatic carbocycles. The Balaban J connectivity index is 2.21. The van der Waals surface area contributed by atoms with E-state index in [0.717, 1.165) is 10.5 Å². The molecule has 0 unspecified atom stereocenters. The van der Waals surface area contributed by atoms with E-state index in [0.29, 0.717) is 23.5 Å². The maximum atomic E-state index is 11.2. The molecule has 0 saturated heterocycles. The lowest BCUT2D eigenvalue weighted by Gasteiger charge is -2.12. The molecule has 0 spiro atoms. The highest BCUT2D eigenvalue weighted by molar-refractivity contribution is 7.98. The molecule has 0 atom stereocenters. The van der Waals surface area contributed by atoms with Crippen molar-refractivity contribution < 1.29 is 14.6 Å². The van der Waals surface area contributed by atoms with Gasteiger partial charge in [0.2, 0.25) is 0 Å². The van der Waals surface area contributed by atoms with Crippen LogP contribution in [0.15, 0.2) is 47.4 Å². The molecule has 0 aromatic heterocycles. The van der Waals surface area contributed by atoms with Crippen LogP contribution in [0.2, 0.25) is 0 Å². The first-order chi connectivity index (χ1) is 9.61. The second-order valence-electron chi connectivity index (χ2n) is 4.40. The second-order valence-corrected chi connectivity index (χ2v) is 5.24. The van der Waals surface area contributed by atoms with Gasteiger partial charge in [0.25, 0.3) is 0 Å². The van der Waals surface area contributed by atoms with Crippen LogP contribution in [0.4, 0.5) is 0 Å². The third-order valence-electron chi connectivity index (χ3n) is 2.95. The molecular weight excluding hydrogens is 272 g/mol. The van der Waals surface area contributed by atoms with Gasteiger partial charge in [-0.15, -0.1) is 11.8 Å². The van der Waals surface area contributed by atoms with Gasteiger partial charge in [-0.25, -0.2) is 4.79 Å². The summed E-state index contributed by atoms with van der Waals surface area (Å²) in [5.41, 5.74) is 2.15. The van der Waals surface area contributed by atoms with E-state index in [-0.39, 0.29) is 0 Å². The first kappa shape index (κ1) is 14.5. The molecule has 20 heavy (non-hydrogen) atoms. The minimum absolute atomic E-state index is 0.351. The fourth-order valence-corrected chi connectivity index (χ4v) is 2.67. The van der Waals surface area contributed by atoms with E-state index in [9.17, 15) is 9.90 Å². The zero-order chi connectivity index (χ0) is 14.5. The van der Waals surface area contributed by atoms with Crippen molar-refractivity contribution in [3.05, 3.63) is 59.2 Å². The van der Waals surface area contributed by atoms with Crippen LogP contribution in [-0.2, 0) is 6.61 Å². The first-order valence-corrected chi connectivity index (χ1v) is 7.43. The van der Waals surface area contributed by atoms with Crippen molar-refractivity contribution in [1.82, 2.24) is 0 Å². The second kappa shape index (κ2) is 6.48. The van der Waals surface area contributed by atoms with E-state index in [1.165, 1.54) is 11.8 Å². The van der Waals surface area contributed by atoms with Gasteiger partial charge in [0.15, 0.2) is 0 Å². The average Bonchev–Trinajstić information content (AvgIpc) is 2.45. The van der Waals surface area contributed by atoms with Crippen LogP contribution in [0, 0.1) is 6.92 Å². The molecular formula is C16H16O3S. The van der Waals surface area contributed by atoms with E-state index >= 15 is 0 Å². The van der Waals surface area contributed by atoms with Gasteiger partial charge in [-0.2, -0.15) is 0 Å². The number of thioether (sulfide) groups is 1. The summed E-state index contributed by atoms with van der Waals surface area (Å²) in [7, 11) is 0. The molecule has 2 rings (SSSR count). The van der Waals surface area contributed by atoms with E-state index < -0.39 is 5.97 Å². The first-order valence-electron chi connectivity index (χ1n) is 6.20. The van der Waals surface area contributed by atoms with Crippen LogP contribution < -0.4 is 4.74 Å². The molecule has 0 bridgehead atoms. The van der Waals surface area contributed by atoms with Gasteiger partial charge in [-0.3, -0.25) is 0 Å². The predicted molar refractivity (Wildman–Crippen MR) is 80.7 cm³/mol. The van der Waals surface area contributed by atoms with Gasteiger partial charge in [-0.1, -0.05) is 30.3 Å². The van der Waals surface area contributed by atoms with Gasteiger partial charge in [-0.05, 0) is 36.4 Å². The maximum absolute atomic E-state index is 11.2. The molecule has 3 nitrogen and oxygen atoms in total. The number of carbonyl (C=O) groups is 1. The summed E-state index contributed by atoms with van der Waals surface area (Å²) in [5.74, 6) is -0.206. The quantitative estimate of drug-likeness (QED) is 0.845. The fraction of sp³-hybridized carbons (Fsp3) is 0.188. The highest BCUT2D eigenvalue weighted by atomic mass is 32.2. The van der Waals surface area contributed by atoms with E-state index in [1.807, 2.05) is 36.6 Å². The summed E-state index contributed by atoms with van der Waals surface area (Å²) in [4.78, 5) is 12.0. The Morgan fingerprint density at radius 3 is 2.55 bits per heavy atom. The van der Waals surface area contributed by atoms with Gasteiger partial charge >= 0.3 is 5.97 Å². The molecule has 0 saturated carbocycles.